The average molecular weight is 369 g/mol. The van der Waals surface area contributed by atoms with Gasteiger partial charge in [0.2, 0.25) is 5.91 Å². The number of nitrogens with two attached hydrogens (primary N) is 1. The molecule has 0 saturated carbocycles. The lowest BCUT2D eigenvalue weighted by Gasteiger charge is -2.12. The highest BCUT2D eigenvalue weighted by molar-refractivity contribution is 7.19. The Morgan fingerprint density at radius 2 is 1.92 bits per heavy atom. The van der Waals surface area contributed by atoms with E-state index in [0.717, 1.165) is 33.1 Å². The van der Waals surface area contributed by atoms with Gasteiger partial charge in [-0.3, -0.25) is 14.2 Å². The molecule has 2 aromatic heterocycles. The van der Waals surface area contributed by atoms with Crippen LogP contribution in [0.5, 0.6) is 0 Å². The van der Waals surface area contributed by atoms with E-state index in [9.17, 15) is 9.59 Å². The van der Waals surface area contributed by atoms with Crippen molar-refractivity contribution in [2.45, 2.75) is 46.6 Å². The number of amides is 1. The Bertz CT molecular complexity index is 1020. The zero-order valence-corrected chi connectivity index (χ0v) is 16.2. The Hall–Kier alpha value is -2.47. The largest absolute Gasteiger partial charge is 0.370 e. The van der Waals surface area contributed by atoms with Crippen molar-refractivity contribution in [2.75, 3.05) is 0 Å². The molecular weight excluding hydrogens is 346 g/mol. The first-order valence-electron chi connectivity index (χ1n) is 8.80. The number of rotatable bonds is 6. The highest BCUT2D eigenvalue weighted by Crippen LogP contribution is 2.35. The molecule has 0 saturated heterocycles. The molecule has 3 rings (SSSR count). The molecule has 5 nitrogen and oxygen atoms in total. The van der Waals surface area contributed by atoms with Crippen LogP contribution in [0.4, 0.5) is 0 Å². The van der Waals surface area contributed by atoms with E-state index >= 15 is 0 Å². The van der Waals surface area contributed by atoms with Crippen molar-refractivity contribution in [3.63, 3.8) is 0 Å². The maximum absolute atomic E-state index is 13.3. The number of aromatic nitrogens is 2. The van der Waals surface area contributed by atoms with Crippen LogP contribution in [0, 0.1) is 13.8 Å². The summed E-state index contributed by atoms with van der Waals surface area (Å²) in [5, 5.41) is 0.640. The van der Waals surface area contributed by atoms with Crippen molar-refractivity contribution < 1.29 is 4.79 Å². The van der Waals surface area contributed by atoms with Crippen LogP contribution in [0.2, 0.25) is 0 Å². The Kier molecular flexibility index (Phi) is 5.23. The van der Waals surface area contributed by atoms with Crippen LogP contribution in [-0.2, 0) is 17.8 Å². The summed E-state index contributed by atoms with van der Waals surface area (Å²) in [7, 11) is 0. The van der Waals surface area contributed by atoms with Crippen molar-refractivity contribution in [3.8, 4) is 11.1 Å². The van der Waals surface area contributed by atoms with Crippen LogP contribution >= 0.6 is 11.3 Å². The molecule has 1 amide bonds. The summed E-state index contributed by atoms with van der Waals surface area (Å²) >= 11 is 1.55. The van der Waals surface area contributed by atoms with Crippen molar-refractivity contribution >= 4 is 27.5 Å². The van der Waals surface area contributed by atoms with Crippen molar-refractivity contribution in [3.05, 3.63) is 50.9 Å². The Balaban J connectivity index is 2.26. The predicted molar refractivity (Wildman–Crippen MR) is 107 cm³/mol. The SMILES string of the molecule is CCCc1nc2sc(C)c(-c3ccc(C)cc3)c2c(=O)n1CCC(N)=O. The lowest BCUT2D eigenvalue weighted by atomic mass is 10.0. The molecular formula is C20H23N3O2S. The number of hydrogen-bond donors (Lipinski definition) is 1. The normalized spacial score (nSPS) is 11.2. The summed E-state index contributed by atoms with van der Waals surface area (Å²) < 4.78 is 1.63. The number of carbonyl (C=O) groups excluding carboxylic acids is 1. The third-order valence-corrected chi connectivity index (χ3v) is 5.46. The summed E-state index contributed by atoms with van der Waals surface area (Å²) in [5.74, 6) is 0.308. The number of benzene rings is 1. The Labute approximate surface area is 156 Å². The van der Waals surface area contributed by atoms with Crippen LogP contribution < -0.4 is 11.3 Å². The van der Waals surface area contributed by atoms with Crippen LogP contribution in [0.3, 0.4) is 0 Å². The van der Waals surface area contributed by atoms with Gasteiger partial charge < -0.3 is 5.73 Å². The fourth-order valence-corrected chi connectivity index (χ4v) is 4.23. The quantitative estimate of drug-likeness (QED) is 0.721. The van der Waals surface area contributed by atoms with E-state index in [2.05, 4.69) is 0 Å². The first kappa shape index (κ1) is 18.3. The summed E-state index contributed by atoms with van der Waals surface area (Å²) in [5.41, 5.74) is 8.34. The van der Waals surface area contributed by atoms with Crippen molar-refractivity contribution in [1.29, 1.82) is 0 Å². The molecule has 0 atom stereocenters. The zero-order chi connectivity index (χ0) is 18.8. The molecule has 6 heteroatoms. The summed E-state index contributed by atoms with van der Waals surface area (Å²) in [6.07, 6.45) is 1.71. The van der Waals surface area contributed by atoms with Gasteiger partial charge >= 0.3 is 0 Å². The lowest BCUT2D eigenvalue weighted by Crippen LogP contribution is -2.27. The molecule has 0 aliphatic heterocycles. The topological polar surface area (TPSA) is 78.0 Å². The van der Waals surface area contributed by atoms with Gasteiger partial charge in [0.25, 0.3) is 5.56 Å². The molecule has 0 spiro atoms. The van der Waals surface area contributed by atoms with E-state index in [1.54, 1.807) is 15.9 Å². The number of aryl methyl sites for hydroxylation is 3. The standard InChI is InChI=1S/C20H23N3O2S/c1-4-5-16-22-19-18(20(25)23(16)11-10-15(21)24)17(13(3)26-19)14-8-6-12(2)7-9-14/h6-9H,4-5,10-11H2,1-3H3,(H2,21,24). The van der Waals surface area contributed by atoms with Gasteiger partial charge in [0.05, 0.1) is 5.39 Å². The molecule has 0 aliphatic carbocycles. The highest BCUT2D eigenvalue weighted by Gasteiger charge is 2.19. The molecule has 0 fully saturated rings. The summed E-state index contributed by atoms with van der Waals surface area (Å²) in [6.45, 7) is 6.38. The first-order chi connectivity index (χ1) is 12.4. The lowest BCUT2D eigenvalue weighted by molar-refractivity contribution is -0.118. The van der Waals surface area contributed by atoms with Crippen LogP contribution in [0.15, 0.2) is 29.1 Å². The number of carbonyl (C=O) groups is 1. The molecule has 0 bridgehead atoms. The fraction of sp³-hybridized carbons (Fsp3) is 0.350. The van der Waals surface area contributed by atoms with Crippen molar-refractivity contribution in [2.24, 2.45) is 5.73 Å². The van der Waals surface area contributed by atoms with Crippen LogP contribution in [0.25, 0.3) is 21.3 Å². The number of fused-ring (bicyclic) bond motifs is 1. The van der Waals surface area contributed by atoms with E-state index in [-0.39, 0.29) is 18.5 Å². The van der Waals surface area contributed by atoms with Gasteiger partial charge in [-0.05, 0) is 25.8 Å². The molecule has 136 valence electrons. The predicted octanol–water partition coefficient (Wildman–Crippen LogP) is 3.57. The minimum Gasteiger partial charge on any atom is -0.370 e. The highest BCUT2D eigenvalue weighted by atomic mass is 32.1. The van der Waals surface area contributed by atoms with Crippen LogP contribution in [0.1, 0.15) is 36.0 Å². The third-order valence-electron chi connectivity index (χ3n) is 4.46. The number of thiophene rings is 1. The second-order valence-electron chi connectivity index (χ2n) is 6.53. The van der Waals surface area contributed by atoms with Gasteiger partial charge in [-0.1, -0.05) is 36.8 Å². The fourth-order valence-electron chi connectivity index (χ4n) is 3.17. The smallest absolute Gasteiger partial charge is 0.262 e. The molecule has 0 radical (unpaired) electrons. The van der Waals surface area contributed by atoms with Gasteiger partial charge in [-0.25, -0.2) is 4.98 Å². The number of nitrogens with zero attached hydrogens (tertiary/aromatic N) is 2. The number of hydrogen-bond acceptors (Lipinski definition) is 4. The maximum Gasteiger partial charge on any atom is 0.262 e. The average Bonchev–Trinajstić information content (AvgIpc) is 2.91. The van der Waals surface area contributed by atoms with E-state index in [0.29, 0.717) is 11.8 Å². The van der Waals surface area contributed by atoms with Gasteiger partial charge in [0.1, 0.15) is 10.7 Å². The Morgan fingerprint density at radius 3 is 2.54 bits per heavy atom. The zero-order valence-electron chi connectivity index (χ0n) is 15.3. The third kappa shape index (κ3) is 3.42. The summed E-state index contributed by atoms with van der Waals surface area (Å²) in [6, 6.07) is 8.17. The maximum atomic E-state index is 13.3. The molecule has 2 N–H and O–H groups in total. The van der Waals surface area contributed by atoms with E-state index in [1.807, 2.05) is 45.0 Å². The van der Waals surface area contributed by atoms with Gasteiger partial charge in [0, 0.05) is 29.8 Å². The summed E-state index contributed by atoms with van der Waals surface area (Å²) in [4.78, 5) is 31.1. The second kappa shape index (κ2) is 7.41. The van der Waals surface area contributed by atoms with E-state index in [1.165, 1.54) is 5.56 Å². The second-order valence-corrected chi connectivity index (χ2v) is 7.73. The minimum absolute atomic E-state index is 0.0837. The monoisotopic (exact) mass is 369 g/mol. The van der Waals surface area contributed by atoms with Crippen LogP contribution in [-0.4, -0.2) is 15.5 Å². The molecule has 3 aromatic rings. The van der Waals surface area contributed by atoms with E-state index < -0.39 is 5.91 Å². The molecule has 26 heavy (non-hydrogen) atoms. The van der Waals surface area contributed by atoms with Gasteiger partial charge in [-0.2, -0.15) is 0 Å². The molecule has 1 aromatic carbocycles. The van der Waals surface area contributed by atoms with Gasteiger partial charge in [-0.15, -0.1) is 11.3 Å². The number of primary amides is 1. The molecule has 0 unspecified atom stereocenters. The Morgan fingerprint density at radius 1 is 1.23 bits per heavy atom. The van der Waals surface area contributed by atoms with E-state index in [4.69, 9.17) is 10.7 Å². The molecule has 2 heterocycles. The minimum atomic E-state index is -0.417. The molecule has 0 aliphatic rings. The van der Waals surface area contributed by atoms with Gasteiger partial charge in [0.15, 0.2) is 0 Å². The first-order valence-corrected chi connectivity index (χ1v) is 9.62. The van der Waals surface area contributed by atoms with Crippen molar-refractivity contribution in [1.82, 2.24) is 9.55 Å².